The lowest BCUT2D eigenvalue weighted by molar-refractivity contribution is -0.123. The lowest BCUT2D eigenvalue weighted by atomic mass is 10.1. The van der Waals surface area contributed by atoms with Crippen molar-refractivity contribution in [1.82, 2.24) is 9.47 Å². The Morgan fingerprint density at radius 1 is 1.14 bits per heavy atom. The van der Waals surface area contributed by atoms with Crippen molar-refractivity contribution in [3.05, 3.63) is 64.3 Å². The van der Waals surface area contributed by atoms with Crippen molar-refractivity contribution in [2.24, 2.45) is 7.05 Å². The Kier molecular flexibility index (Phi) is 3.90. The third-order valence-electron chi connectivity index (χ3n) is 3.49. The van der Waals surface area contributed by atoms with Crippen LogP contribution in [0.1, 0.15) is 16.7 Å². The van der Waals surface area contributed by atoms with Crippen LogP contribution >= 0.6 is 11.8 Å². The van der Waals surface area contributed by atoms with Gasteiger partial charge in [-0.05, 0) is 42.0 Å². The number of aromatic nitrogens is 1. The van der Waals surface area contributed by atoms with E-state index in [9.17, 15) is 9.59 Å². The Hall–Kier alpha value is -2.27. The van der Waals surface area contributed by atoms with Crippen LogP contribution < -0.4 is 0 Å². The molecule has 22 heavy (non-hydrogen) atoms. The van der Waals surface area contributed by atoms with Gasteiger partial charge in [-0.25, -0.2) is 0 Å². The Balaban J connectivity index is 1.79. The summed E-state index contributed by atoms with van der Waals surface area (Å²) >= 11 is 0.998. The molecular formula is C17H16N2O2S. The molecule has 1 aliphatic heterocycles. The molecule has 2 heterocycles. The highest BCUT2D eigenvalue weighted by Gasteiger charge is 2.34. The minimum Gasteiger partial charge on any atom is -0.357 e. The molecular weight excluding hydrogens is 296 g/mol. The second-order valence-corrected chi connectivity index (χ2v) is 6.36. The maximum Gasteiger partial charge on any atom is 0.293 e. The minimum absolute atomic E-state index is 0.215. The molecule has 0 spiro atoms. The van der Waals surface area contributed by atoms with Crippen LogP contribution in [-0.4, -0.2) is 20.6 Å². The monoisotopic (exact) mass is 312 g/mol. The van der Waals surface area contributed by atoms with Crippen molar-refractivity contribution in [2.75, 3.05) is 0 Å². The standard InChI is InChI=1S/C17H16N2O2S/c1-12-3-5-13(6-4-12)11-19-16(20)15(22-17(19)21)9-14-7-8-18(2)10-14/h3-10H,11H2,1-2H3/b15-9+. The topological polar surface area (TPSA) is 42.3 Å². The molecule has 112 valence electrons. The number of carbonyl (C=O) groups is 2. The van der Waals surface area contributed by atoms with Crippen LogP contribution in [0.3, 0.4) is 0 Å². The molecule has 3 rings (SSSR count). The first-order valence-electron chi connectivity index (χ1n) is 6.96. The van der Waals surface area contributed by atoms with Crippen LogP contribution in [0.5, 0.6) is 0 Å². The van der Waals surface area contributed by atoms with E-state index in [4.69, 9.17) is 0 Å². The predicted octanol–water partition coefficient (Wildman–Crippen LogP) is 3.57. The summed E-state index contributed by atoms with van der Waals surface area (Å²) in [6.07, 6.45) is 5.58. The van der Waals surface area contributed by atoms with Crippen molar-refractivity contribution in [3.63, 3.8) is 0 Å². The van der Waals surface area contributed by atoms with E-state index < -0.39 is 0 Å². The number of hydrogen-bond donors (Lipinski definition) is 0. The fourth-order valence-electron chi connectivity index (χ4n) is 2.27. The summed E-state index contributed by atoms with van der Waals surface area (Å²) in [4.78, 5) is 26.3. The van der Waals surface area contributed by atoms with Crippen LogP contribution in [0.4, 0.5) is 4.79 Å². The maximum absolute atomic E-state index is 12.4. The lowest BCUT2D eigenvalue weighted by Crippen LogP contribution is -2.27. The van der Waals surface area contributed by atoms with Gasteiger partial charge in [-0.15, -0.1) is 0 Å². The number of aryl methyl sites for hydroxylation is 2. The van der Waals surface area contributed by atoms with Gasteiger partial charge in [0.25, 0.3) is 11.1 Å². The molecule has 5 heteroatoms. The highest BCUT2D eigenvalue weighted by Crippen LogP contribution is 2.33. The molecule has 1 saturated heterocycles. The summed E-state index contributed by atoms with van der Waals surface area (Å²) in [5, 5.41) is -0.215. The molecule has 1 aliphatic rings. The molecule has 1 aromatic heterocycles. The second kappa shape index (κ2) is 5.85. The summed E-state index contributed by atoms with van der Waals surface area (Å²) in [6.45, 7) is 2.32. The quantitative estimate of drug-likeness (QED) is 0.814. The van der Waals surface area contributed by atoms with Gasteiger partial charge < -0.3 is 4.57 Å². The third kappa shape index (κ3) is 2.99. The normalized spacial score (nSPS) is 16.8. The summed E-state index contributed by atoms with van der Waals surface area (Å²) in [5.41, 5.74) is 3.03. The molecule has 0 bridgehead atoms. The number of hydrogen-bond acceptors (Lipinski definition) is 3. The molecule has 4 nitrogen and oxygen atoms in total. The van der Waals surface area contributed by atoms with Gasteiger partial charge in [-0.3, -0.25) is 14.5 Å². The van der Waals surface area contributed by atoms with Gasteiger partial charge in [-0.2, -0.15) is 0 Å². The largest absolute Gasteiger partial charge is 0.357 e. The Labute approximate surface area is 133 Å². The average molecular weight is 312 g/mol. The number of amides is 2. The van der Waals surface area contributed by atoms with E-state index in [0.29, 0.717) is 11.4 Å². The van der Waals surface area contributed by atoms with Crippen molar-refractivity contribution >= 4 is 29.0 Å². The molecule has 0 saturated carbocycles. The number of nitrogens with zero attached hydrogens (tertiary/aromatic N) is 2. The fourth-order valence-corrected chi connectivity index (χ4v) is 3.11. The zero-order valence-corrected chi connectivity index (χ0v) is 13.3. The SMILES string of the molecule is Cc1ccc(CN2C(=O)S/C(=C/c3ccn(C)c3)C2=O)cc1. The highest BCUT2D eigenvalue weighted by molar-refractivity contribution is 8.18. The van der Waals surface area contributed by atoms with E-state index in [1.165, 1.54) is 4.90 Å². The third-order valence-corrected chi connectivity index (χ3v) is 4.39. The van der Waals surface area contributed by atoms with Gasteiger partial charge >= 0.3 is 0 Å². The van der Waals surface area contributed by atoms with Crippen LogP contribution in [0, 0.1) is 6.92 Å². The molecule has 0 radical (unpaired) electrons. The van der Waals surface area contributed by atoms with Gasteiger partial charge in [0.15, 0.2) is 0 Å². The van der Waals surface area contributed by atoms with Gasteiger partial charge in [-0.1, -0.05) is 29.8 Å². The number of carbonyl (C=O) groups excluding carboxylic acids is 2. The first kappa shape index (κ1) is 14.7. The van der Waals surface area contributed by atoms with E-state index in [2.05, 4.69) is 0 Å². The number of imide groups is 1. The molecule has 0 N–H and O–H groups in total. The van der Waals surface area contributed by atoms with Crippen LogP contribution in [0.25, 0.3) is 6.08 Å². The Morgan fingerprint density at radius 2 is 1.86 bits per heavy atom. The number of rotatable bonds is 3. The van der Waals surface area contributed by atoms with Crippen LogP contribution in [0.2, 0.25) is 0 Å². The van der Waals surface area contributed by atoms with E-state index in [1.807, 2.05) is 61.3 Å². The lowest BCUT2D eigenvalue weighted by Gasteiger charge is -2.12. The van der Waals surface area contributed by atoms with Gasteiger partial charge in [0, 0.05) is 19.4 Å². The first-order chi connectivity index (χ1) is 10.5. The molecule has 0 unspecified atom stereocenters. The second-order valence-electron chi connectivity index (χ2n) is 5.36. The van der Waals surface area contributed by atoms with Crippen molar-refractivity contribution in [3.8, 4) is 0 Å². The zero-order chi connectivity index (χ0) is 15.7. The molecule has 2 amide bonds. The number of benzene rings is 1. The minimum atomic E-state index is -0.223. The van der Waals surface area contributed by atoms with Crippen molar-refractivity contribution in [1.29, 1.82) is 0 Å². The molecule has 1 fully saturated rings. The molecule has 0 aliphatic carbocycles. The maximum atomic E-state index is 12.4. The Morgan fingerprint density at radius 3 is 2.50 bits per heavy atom. The molecule has 1 aromatic carbocycles. The summed E-state index contributed by atoms with van der Waals surface area (Å²) in [6, 6.07) is 9.76. The van der Waals surface area contributed by atoms with Gasteiger partial charge in [0.1, 0.15) is 0 Å². The summed E-state index contributed by atoms with van der Waals surface area (Å²) in [5.74, 6) is -0.223. The Bertz CT molecular complexity index is 759. The van der Waals surface area contributed by atoms with Crippen LogP contribution in [0.15, 0.2) is 47.6 Å². The fraction of sp³-hybridized carbons (Fsp3) is 0.176. The predicted molar refractivity (Wildman–Crippen MR) is 88.1 cm³/mol. The van der Waals surface area contributed by atoms with Gasteiger partial charge in [0.2, 0.25) is 0 Å². The first-order valence-corrected chi connectivity index (χ1v) is 7.77. The van der Waals surface area contributed by atoms with E-state index in [0.717, 1.165) is 28.5 Å². The van der Waals surface area contributed by atoms with Crippen molar-refractivity contribution < 1.29 is 9.59 Å². The average Bonchev–Trinajstić information content (AvgIpc) is 3.00. The highest BCUT2D eigenvalue weighted by atomic mass is 32.2. The molecule has 2 aromatic rings. The van der Waals surface area contributed by atoms with E-state index in [1.54, 1.807) is 6.08 Å². The summed E-state index contributed by atoms with van der Waals surface area (Å²) in [7, 11) is 1.92. The molecule has 0 atom stereocenters. The summed E-state index contributed by atoms with van der Waals surface area (Å²) < 4.78 is 1.91. The van der Waals surface area contributed by atoms with Crippen molar-refractivity contribution in [2.45, 2.75) is 13.5 Å². The van der Waals surface area contributed by atoms with E-state index in [-0.39, 0.29) is 11.1 Å². The smallest absolute Gasteiger partial charge is 0.293 e. The zero-order valence-electron chi connectivity index (χ0n) is 12.4. The van der Waals surface area contributed by atoms with E-state index >= 15 is 0 Å². The van der Waals surface area contributed by atoms with Gasteiger partial charge in [0.05, 0.1) is 11.4 Å². The number of thioether (sulfide) groups is 1. The van der Waals surface area contributed by atoms with Crippen LogP contribution in [-0.2, 0) is 18.4 Å².